The van der Waals surface area contributed by atoms with Crippen LogP contribution < -0.4 is 5.32 Å². The Kier molecular flexibility index (Phi) is 5.00. The average Bonchev–Trinajstić information content (AvgIpc) is 3.32. The molecule has 1 heterocycles. The molecule has 0 amide bonds. The lowest BCUT2D eigenvalue weighted by Crippen LogP contribution is -2.54. The van der Waals surface area contributed by atoms with Crippen LogP contribution in [0.5, 0.6) is 0 Å². The van der Waals surface area contributed by atoms with Gasteiger partial charge in [0.1, 0.15) is 11.3 Å². The van der Waals surface area contributed by atoms with Gasteiger partial charge in [-0.05, 0) is 37.7 Å². The topological polar surface area (TPSA) is 65.7 Å². The summed E-state index contributed by atoms with van der Waals surface area (Å²) < 4.78 is 5.97. The van der Waals surface area contributed by atoms with Gasteiger partial charge in [-0.15, -0.1) is 0 Å². The molecule has 1 aromatic carbocycles. The van der Waals surface area contributed by atoms with Crippen LogP contribution in [0, 0.1) is 5.92 Å². The van der Waals surface area contributed by atoms with Crippen LogP contribution in [0.3, 0.4) is 0 Å². The van der Waals surface area contributed by atoms with Crippen LogP contribution >= 0.6 is 0 Å². The highest BCUT2D eigenvalue weighted by atomic mass is 16.4. The molecule has 1 aromatic heterocycles. The van der Waals surface area contributed by atoms with Crippen molar-refractivity contribution in [1.29, 1.82) is 0 Å². The Morgan fingerprint density at radius 2 is 2.08 bits per heavy atom. The third-order valence-corrected chi connectivity index (χ3v) is 5.83. The molecule has 2 aliphatic rings. The van der Waals surface area contributed by atoms with E-state index in [0.717, 1.165) is 49.6 Å². The van der Waals surface area contributed by atoms with Crippen LogP contribution in [0.4, 0.5) is 0 Å². The number of hydrogen-bond acceptors (Lipinski definition) is 4. The van der Waals surface area contributed by atoms with Crippen molar-refractivity contribution in [2.24, 2.45) is 5.92 Å². The van der Waals surface area contributed by atoms with E-state index in [1.54, 1.807) is 0 Å². The zero-order chi connectivity index (χ0) is 18.1. The number of nitrogens with zero attached hydrogens (tertiary/aromatic N) is 1. The number of nitrogens with one attached hydrogen (secondary N) is 1. The molecule has 4 rings (SSSR count). The van der Waals surface area contributed by atoms with Gasteiger partial charge in [0.2, 0.25) is 0 Å². The van der Waals surface area contributed by atoms with Crippen molar-refractivity contribution in [3.8, 4) is 0 Å². The highest BCUT2D eigenvalue weighted by Gasteiger charge is 2.37. The number of furan rings is 1. The predicted octanol–water partition coefficient (Wildman–Crippen LogP) is 3.41. The summed E-state index contributed by atoms with van der Waals surface area (Å²) in [5.41, 5.74) is 2.23. The molecule has 140 valence electrons. The number of carboxylic acids is 1. The second-order valence-electron chi connectivity index (χ2n) is 7.82. The van der Waals surface area contributed by atoms with Gasteiger partial charge in [0.05, 0.1) is 6.54 Å². The fourth-order valence-corrected chi connectivity index (χ4v) is 4.08. The summed E-state index contributed by atoms with van der Waals surface area (Å²) >= 11 is 0. The van der Waals surface area contributed by atoms with Crippen molar-refractivity contribution in [2.45, 2.75) is 57.7 Å². The minimum atomic E-state index is -0.709. The van der Waals surface area contributed by atoms with Gasteiger partial charge in [0.25, 0.3) is 0 Å². The van der Waals surface area contributed by atoms with Crippen molar-refractivity contribution in [3.05, 3.63) is 35.6 Å². The minimum absolute atomic E-state index is 0.181. The predicted molar refractivity (Wildman–Crippen MR) is 101 cm³/mol. The normalized spacial score (nSPS) is 22.7. The molecule has 26 heavy (non-hydrogen) atoms. The molecule has 0 aliphatic heterocycles. The molecule has 0 bridgehead atoms. The fourth-order valence-electron chi connectivity index (χ4n) is 4.08. The maximum Gasteiger partial charge on any atom is 0.317 e. The van der Waals surface area contributed by atoms with E-state index in [1.165, 1.54) is 23.8 Å². The largest absolute Gasteiger partial charge is 0.480 e. The molecular weight excluding hydrogens is 328 g/mol. The van der Waals surface area contributed by atoms with E-state index >= 15 is 0 Å². The highest BCUT2D eigenvalue weighted by molar-refractivity contribution is 5.82. The summed E-state index contributed by atoms with van der Waals surface area (Å²) in [5, 5.41) is 14.0. The molecule has 0 unspecified atom stereocenters. The summed E-state index contributed by atoms with van der Waals surface area (Å²) in [5.74, 6) is 1.08. The van der Waals surface area contributed by atoms with Crippen molar-refractivity contribution in [2.75, 3.05) is 13.1 Å². The van der Waals surface area contributed by atoms with Crippen LogP contribution in [0.2, 0.25) is 0 Å². The van der Waals surface area contributed by atoms with Gasteiger partial charge < -0.3 is 14.8 Å². The number of rotatable bonds is 9. The molecule has 5 nitrogen and oxygen atoms in total. The molecule has 5 heteroatoms. The molecule has 0 spiro atoms. The van der Waals surface area contributed by atoms with Crippen LogP contribution in [-0.2, 0) is 17.8 Å². The molecule has 0 saturated heterocycles. The van der Waals surface area contributed by atoms with Crippen LogP contribution in [0.1, 0.15) is 43.9 Å². The average molecular weight is 356 g/mol. The smallest absolute Gasteiger partial charge is 0.317 e. The zero-order valence-electron chi connectivity index (χ0n) is 15.4. The fraction of sp³-hybridized carbons (Fsp3) is 0.571. The first-order valence-electron chi connectivity index (χ1n) is 9.82. The van der Waals surface area contributed by atoms with Gasteiger partial charge in [-0.1, -0.05) is 25.1 Å². The zero-order valence-corrected chi connectivity index (χ0v) is 15.4. The molecule has 2 aromatic rings. The molecular formula is C21H28N2O3. The van der Waals surface area contributed by atoms with Crippen molar-refractivity contribution in [3.63, 3.8) is 0 Å². The van der Waals surface area contributed by atoms with E-state index < -0.39 is 5.97 Å². The molecule has 0 atom stereocenters. The van der Waals surface area contributed by atoms with E-state index in [-0.39, 0.29) is 6.54 Å². The summed E-state index contributed by atoms with van der Waals surface area (Å²) in [6.45, 7) is 4.08. The molecule has 2 saturated carbocycles. The number of para-hydroxylation sites is 1. The van der Waals surface area contributed by atoms with Crippen molar-refractivity contribution >= 4 is 16.9 Å². The quantitative estimate of drug-likeness (QED) is 0.721. The number of aliphatic carboxylic acids is 1. The summed E-state index contributed by atoms with van der Waals surface area (Å²) in [7, 11) is 0. The van der Waals surface area contributed by atoms with Gasteiger partial charge in [0.15, 0.2) is 0 Å². The summed E-state index contributed by atoms with van der Waals surface area (Å²) in [6.07, 6.45) is 5.50. The lowest BCUT2D eigenvalue weighted by atomic mass is 9.85. The Balaban J connectivity index is 1.33. The van der Waals surface area contributed by atoms with Gasteiger partial charge in [-0.25, -0.2) is 0 Å². The Hall–Kier alpha value is -1.85. The number of hydrogen-bond donors (Lipinski definition) is 2. The maximum atomic E-state index is 11.1. The van der Waals surface area contributed by atoms with E-state index in [0.29, 0.717) is 12.1 Å². The lowest BCUT2D eigenvalue weighted by Gasteiger charge is -2.43. The van der Waals surface area contributed by atoms with Crippen molar-refractivity contribution < 1.29 is 14.3 Å². The first-order chi connectivity index (χ1) is 12.6. The van der Waals surface area contributed by atoms with Crippen molar-refractivity contribution in [1.82, 2.24) is 10.2 Å². The number of carboxylic acid groups (broad SMARTS) is 1. The molecule has 2 aliphatic carbocycles. The third-order valence-electron chi connectivity index (χ3n) is 5.83. The number of benzene rings is 1. The number of fused-ring (bicyclic) bond motifs is 1. The SMILES string of the molecule is CCc1oc2ccccc2c1CNC1CC(N(CC(=O)O)CC2CC2)C1. The highest BCUT2D eigenvalue weighted by Crippen LogP contribution is 2.34. The number of aryl methyl sites for hydroxylation is 1. The van der Waals surface area contributed by atoms with Crippen LogP contribution in [0.25, 0.3) is 11.0 Å². The Morgan fingerprint density at radius 3 is 2.77 bits per heavy atom. The summed E-state index contributed by atoms with van der Waals surface area (Å²) in [6, 6.07) is 9.10. The minimum Gasteiger partial charge on any atom is -0.480 e. The number of carbonyl (C=O) groups is 1. The van der Waals surface area contributed by atoms with E-state index in [2.05, 4.69) is 29.3 Å². The van der Waals surface area contributed by atoms with E-state index in [1.807, 2.05) is 12.1 Å². The van der Waals surface area contributed by atoms with E-state index in [4.69, 9.17) is 4.42 Å². The van der Waals surface area contributed by atoms with E-state index in [9.17, 15) is 9.90 Å². The molecule has 2 fully saturated rings. The van der Waals surface area contributed by atoms with Gasteiger partial charge in [0, 0.05) is 42.5 Å². The first-order valence-corrected chi connectivity index (χ1v) is 9.82. The maximum absolute atomic E-state index is 11.1. The van der Waals surface area contributed by atoms with Crippen LogP contribution in [-0.4, -0.2) is 41.1 Å². The lowest BCUT2D eigenvalue weighted by molar-refractivity contribution is -0.139. The van der Waals surface area contributed by atoms with Gasteiger partial charge >= 0.3 is 5.97 Å². The second-order valence-corrected chi connectivity index (χ2v) is 7.82. The Bertz CT molecular complexity index is 775. The Labute approximate surface area is 154 Å². The van der Waals surface area contributed by atoms with Gasteiger partial charge in [-0.2, -0.15) is 0 Å². The first kappa shape index (κ1) is 17.6. The van der Waals surface area contributed by atoms with Crippen LogP contribution in [0.15, 0.2) is 28.7 Å². The Morgan fingerprint density at radius 1 is 1.31 bits per heavy atom. The monoisotopic (exact) mass is 356 g/mol. The molecule has 0 radical (unpaired) electrons. The third kappa shape index (κ3) is 3.79. The standard InChI is InChI=1S/C21H28N2O3/c1-2-19-18(17-5-3-4-6-20(17)26-19)11-22-15-9-16(10-15)23(13-21(24)25)12-14-7-8-14/h3-6,14-16,22H,2,7-13H2,1H3,(H,24,25). The second kappa shape index (κ2) is 7.41. The summed E-state index contributed by atoms with van der Waals surface area (Å²) in [4.78, 5) is 13.3. The van der Waals surface area contributed by atoms with Gasteiger partial charge in [-0.3, -0.25) is 9.69 Å². The molecule has 2 N–H and O–H groups in total.